The van der Waals surface area contributed by atoms with Crippen LogP contribution in [0.2, 0.25) is 0 Å². The van der Waals surface area contributed by atoms with Gasteiger partial charge >= 0.3 is 0 Å². The maximum Gasteiger partial charge on any atom is 0.217 e. The number of aliphatic hydroxyl groups is 1. The standard InChI is InChI=1S/C21H21N5O2/c1-26-21(9-19(25-26)14-3-4-14)28-20-8-13(10-22)2-6-16(20)18-7-5-15(11-24-18)17(23)12-27/h2,5-9,11,14,17,27H,3-4,12,23H2,1H3. The molecule has 142 valence electrons. The minimum Gasteiger partial charge on any atom is -0.439 e. The second-order valence-electron chi connectivity index (χ2n) is 7.00. The van der Waals surface area contributed by atoms with Gasteiger partial charge in [-0.15, -0.1) is 0 Å². The van der Waals surface area contributed by atoms with E-state index in [9.17, 15) is 10.4 Å². The molecule has 0 aliphatic heterocycles. The number of nitrogens with two attached hydrogens (primary N) is 1. The first-order chi connectivity index (χ1) is 13.6. The summed E-state index contributed by atoms with van der Waals surface area (Å²) in [5.41, 5.74) is 9.59. The SMILES string of the molecule is Cn1nc(C2CC2)cc1Oc1cc(C#N)ccc1-c1ccc(C(N)CO)cn1. The largest absolute Gasteiger partial charge is 0.439 e. The highest BCUT2D eigenvalue weighted by Crippen LogP contribution is 2.41. The van der Waals surface area contributed by atoms with Gasteiger partial charge < -0.3 is 15.6 Å². The average Bonchev–Trinajstić information content (AvgIpc) is 3.51. The van der Waals surface area contributed by atoms with Crippen LogP contribution in [0.25, 0.3) is 11.3 Å². The van der Waals surface area contributed by atoms with Crippen LogP contribution < -0.4 is 10.5 Å². The lowest BCUT2D eigenvalue weighted by atomic mass is 10.1. The van der Waals surface area contributed by atoms with E-state index >= 15 is 0 Å². The van der Waals surface area contributed by atoms with Gasteiger partial charge in [0, 0.05) is 30.8 Å². The molecule has 3 N–H and O–H groups in total. The molecule has 0 saturated heterocycles. The second kappa shape index (κ2) is 7.43. The van der Waals surface area contributed by atoms with E-state index in [0.717, 1.165) is 29.7 Å². The minimum atomic E-state index is -0.464. The Kier molecular flexibility index (Phi) is 4.82. The summed E-state index contributed by atoms with van der Waals surface area (Å²) in [6.45, 7) is -0.143. The van der Waals surface area contributed by atoms with E-state index < -0.39 is 6.04 Å². The molecule has 1 aliphatic carbocycles. The number of hydrogen-bond acceptors (Lipinski definition) is 6. The maximum atomic E-state index is 9.28. The number of ether oxygens (including phenoxy) is 1. The molecule has 2 heterocycles. The molecule has 28 heavy (non-hydrogen) atoms. The Morgan fingerprint density at radius 3 is 2.79 bits per heavy atom. The summed E-state index contributed by atoms with van der Waals surface area (Å²) in [6, 6.07) is 12.6. The molecule has 0 radical (unpaired) electrons. The first kappa shape index (κ1) is 18.2. The third-order valence-electron chi connectivity index (χ3n) is 4.86. The van der Waals surface area contributed by atoms with Crippen LogP contribution in [-0.4, -0.2) is 26.5 Å². The average molecular weight is 375 g/mol. The van der Waals surface area contributed by atoms with Crippen LogP contribution in [0.1, 0.15) is 41.6 Å². The zero-order chi connectivity index (χ0) is 19.7. The van der Waals surface area contributed by atoms with Crippen molar-refractivity contribution < 1.29 is 9.84 Å². The van der Waals surface area contributed by atoms with Gasteiger partial charge in [-0.3, -0.25) is 4.98 Å². The predicted octanol–water partition coefficient (Wildman–Crippen LogP) is 3.02. The first-order valence-corrected chi connectivity index (χ1v) is 9.17. The molecular weight excluding hydrogens is 354 g/mol. The number of pyridine rings is 1. The number of aliphatic hydroxyl groups excluding tert-OH is 1. The number of nitrogens with zero attached hydrogens (tertiary/aromatic N) is 4. The van der Waals surface area contributed by atoms with Crippen LogP contribution in [0.15, 0.2) is 42.6 Å². The van der Waals surface area contributed by atoms with Crippen molar-refractivity contribution in [2.24, 2.45) is 12.8 Å². The fraction of sp³-hybridized carbons (Fsp3) is 0.286. The number of aromatic nitrogens is 3. The fourth-order valence-electron chi connectivity index (χ4n) is 3.04. The highest BCUT2D eigenvalue weighted by Gasteiger charge is 2.27. The van der Waals surface area contributed by atoms with Crippen LogP contribution in [-0.2, 0) is 7.05 Å². The zero-order valence-electron chi connectivity index (χ0n) is 15.5. The van der Waals surface area contributed by atoms with Gasteiger partial charge in [0.1, 0.15) is 5.75 Å². The lowest BCUT2D eigenvalue weighted by Gasteiger charge is -2.13. The Morgan fingerprint density at radius 1 is 1.32 bits per heavy atom. The Labute approximate surface area is 163 Å². The van der Waals surface area contributed by atoms with Crippen molar-refractivity contribution in [3.8, 4) is 29.0 Å². The van der Waals surface area contributed by atoms with Crippen molar-refractivity contribution >= 4 is 0 Å². The Morgan fingerprint density at radius 2 is 2.14 bits per heavy atom. The monoisotopic (exact) mass is 375 g/mol. The molecule has 4 rings (SSSR count). The summed E-state index contributed by atoms with van der Waals surface area (Å²) in [6.07, 6.45) is 3.98. The van der Waals surface area contributed by atoms with Gasteiger partial charge in [0.25, 0.3) is 0 Å². The number of benzene rings is 1. The summed E-state index contributed by atoms with van der Waals surface area (Å²) in [5, 5.41) is 23.0. The van der Waals surface area contributed by atoms with E-state index in [1.807, 2.05) is 31.3 Å². The number of hydrogen-bond donors (Lipinski definition) is 2. The fourth-order valence-corrected chi connectivity index (χ4v) is 3.04. The minimum absolute atomic E-state index is 0.143. The molecule has 0 amide bonds. The second-order valence-corrected chi connectivity index (χ2v) is 7.00. The Bertz CT molecular complexity index is 1030. The molecule has 7 nitrogen and oxygen atoms in total. The number of nitriles is 1. The molecule has 0 bridgehead atoms. The molecule has 3 aromatic rings. The van der Waals surface area contributed by atoms with Crippen molar-refractivity contribution in [3.63, 3.8) is 0 Å². The molecule has 1 aromatic carbocycles. The van der Waals surface area contributed by atoms with Gasteiger partial charge in [0.05, 0.1) is 35.7 Å². The third kappa shape index (κ3) is 3.60. The van der Waals surface area contributed by atoms with Gasteiger partial charge in [-0.25, -0.2) is 4.68 Å². The van der Waals surface area contributed by atoms with E-state index in [1.165, 1.54) is 0 Å². The van der Waals surface area contributed by atoms with E-state index in [2.05, 4.69) is 16.2 Å². The van der Waals surface area contributed by atoms with Crippen LogP contribution >= 0.6 is 0 Å². The normalized spacial score (nSPS) is 14.5. The topological polar surface area (TPSA) is 110 Å². The van der Waals surface area contributed by atoms with E-state index in [4.69, 9.17) is 10.5 Å². The maximum absolute atomic E-state index is 9.28. The summed E-state index contributed by atoms with van der Waals surface area (Å²) in [5.74, 6) is 1.69. The summed E-state index contributed by atoms with van der Waals surface area (Å²) >= 11 is 0. The van der Waals surface area contributed by atoms with E-state index in [1.54, 1.807) is 23.0 Å². The van der Waals surface area contributed by atoms with Gasteiger partial charge in [0.2, 0.25) is 5.88 Å². The summed E-state index contributed by atoms with van der Waals surface area (Å²) in [7, 11) is 1.85. The summed E-state index contributed by atoms with van der Waals surface area (Å²) < 4.78 is 7.85. The zero-order valence-corrected chi connectivity index (χ0v) is 15.5. The molecule has 1 fully saturated rings. The number of rotatable bonds is 6. The van der Waals surface area contributed by atoms with Crippen molar-refractivity contribution in [1.82, 2.24) is 14.8 Å². The summed E-state index contributed by atoms with van der Waals surface area (Å²) in [4.78, 5) is 4.47. The van der Waals surface area contributed by atoms with Gasteiger partial charge in [-0.1, -0.05) is 6.07 Å². The first-order valence-electron chi connectivity index (χ1n) is 9.17. The lowest BCUT2D eigenvalue weighted by molar-refractivity contribution is 0.268. The molecular formula is C21H21N5O2. The van der Waals surface area contributed by atoms with E-state index in [0.29, 0.717) is 28.8 Å². The smallest absolute Gasteiger partial charge is 0.217 e. The number of aryl methyl sites for hydroxylation is 1. The van der Waals surface area contributed by atoms with Crippen molar-refractivity contribution in [3.05, 3.63) is 59.4 Å². The van der Waals surface area contributed by atoms with Crippen molar-refractivity contribution in [2.75, 3.05) is 6.61 Å². The predicted molar refractivity (Wildman–Crippen MR) is 104 cm³/mol. The quantitative estimate of drug-likeness (QED) is 0.685. The van der Waals surface area contributed by atoms with Crippen molar-refractivity contribution in [1.29, 1.82) is 5.26 Å². The van der Waals surface area contributed by atoms with Crippen LogP contribution in [0.3, 0.4) is 0 Å². The third-order valence-corrected chi connectivity index (χ3v) is 4.86. The molecule has 1 unspecified atom stereocenters. The molecule has 0 spiro atoms. The molecule has 1 saturated carbocycles. The highest BCUT2D eigenvalue weighted by molar-refractivity contribution is 5.69. The van der Waals surface area contributed by atoms with Crippen LogP contribution in [0, 0.1) is 11.3 Å². The lowest BCUT2D eigenvalue weighted by Crippen LogP contribution is -2.14. The van der Waals surface area contributed by atoms with Gasteiger partial charge in [0.15, 0.2) is 0 Å². The molecule has 1 aliphatic rings. The van der Waals surface area contributed by atoms with Gasteiger partial charge in [-0.05, 0) is 42.7 Å². The highest BCUT2D eigenvalue weighted by atomic mass is 16.5. The Hall–Kier alpha value is -3.21. The van der Waals surface area contributed by atoms with Crippen LogP contribution in [0.4, 0.5) is 0 Å². The van der Waals surface area contributed by atoms with E-state index in [-0.39, 0.29) is 6.61 Å². The van der Waals surface area contributed by atoms with Gasteiger partial charge in [-0.2, -0.15) is 10.4 Å². The molecule has 1 atom stereocenters. The van der Waals surface area contributed by atoms with Crippen molar-refractivity contribution in [2.45, 2.75) is 24.8 Å². The van der Waals surface area contributed by atoms with Crippen LogP contribution in [0.5, 0.6) is 11.6 Å². The molecule has 7 heteroatoms. The Balaban J connectivity index is 1.69. The molecule has 2 aromatic heterocycles.